The normalized spacial score (nSPS) is 11.9. The molecule has 2 aromatic carbocycles. The molecule has 206 valence electrons. The minimum Gasteiger partial charge on any atom is -0.487 e. The number of rotatable bonds is 8. The summed E-state index contributed by atoms with van der Waals surface area (Å²) in [6.07, 6.45) is 1.61. The van der Waals surface area contributed by atoms with Crippen LogP contribution in [0, 0.1) is 19.7 Å². The van der Waals surface area contributed by atoms with Crippen molar-refractivity contribution in [1.29, 1.82) is 0 Å². The number of thiazole rings is 1. The number of methoxy groups -OCH3 is 1. The number of benzene rings is 2. The van der Waals surface area contributed by atoms with Crippen molar-refractivity contribution in [1.82, 2.24) is 19.9 Å². The monoisotopic (exact) mass is 563 g/mol. The van der Waals surface area contributed by atoms with E-state index in [4.69, 9.17) is 14.2 Å². The summed E-state index contributed by atoms with van der Waals surface area (Å²) in [6, 6.07) is 8.40. The average molecular weight is 564 g/mol. The van der Waals surface area contributed by atoms with Crippen molar-refractivity contribution in [2.45, 2.75) is 33.5 Å². The molecule has 0 unspecified atom stereocenters. The van der Waals surface area contributed by atoms with Gasteiger partial charge < -0.3 is 19.3 Å². The van der Waals surface area contributed by atoms with Crippen molar-refractivity contribution in [2.24, 2.45) is 0 Å². The molecule has 2 N–H and O–H groups in total. The van der Waals surface area contributed by atoms with Gasteiger partial charge in [-0.2, -0.15) is 0 Å². The van der Waals surface area contributed by atoms with Crippen LogP contribution in [-0.4, -0.2) is 51.0 Å². The topological polar surface area (TPSA) is 129 Å². The fourth-order valence-electron chi connectivity index (χ4n) is 4.04. The first-order chi connectivity index (χ1) is 19.2. The minimum absolute atomic E-state index is 0.0208. The van der Waals surface area contributed by atoms with Gasteiger partial charge in [0.05, 0.1) is 53.0 Å². The van der Waals surface area contributed by atoms with Crippen LogP contribution >= 0.6 is 11.3 Å². The fraction of sp³-hybridized carbons (Fsp3) is 0.250. The molecule has 10 nitrogen and oxygen atoms in total. The molecule has 0 fully saturated rings. The van der Waals surface area contributed by atoms with E-state index < -0.39 is 18.0 Å². The Hall–Kier alpha value is -4.42. The van der Waals surface area contributed by atoms with Crippen molar-refractivity contribution >= 4 is 44.4 Å². The number of halogens is 1. The Morgan fingerprint density at radius 3 is 2.70 bits per heavy atom. The van der Waals surface area contributed by atoms with Crippen LogP contribution in [0.3, 0.4) is 0 Å². The number of aliphatic hydroxyl groups is 1. The molecular weight excluding hydrogens is 537 g/mol. The van der Waals surface area contributed by atoms with Gasteiger partial charge in [-0.3, -0.25) is 10.3 Å². The molecule has 0 radical (unpaired) electrons. The number of pyridine rings is 1. The summed E-state index contributed by atoms with van der Waals surface area (Å²) in [7, 11) is 1.53. The molecular formula is C28H26FN5O5S. The zero-order valence-corrected chi connectivity index (χ0v) is 23.0. The van der Waals surface area contributed by atoms with Crippen molar-refractivity contribution in [2.75, 3.05) is 19.0 Å². The Bertz CT molecular complexity index is 1730. The summed E-state index contributed by atoms with van der Waals surface area (Å²) in [6.45, 7) is 5.07. The van der Waals surface area contributed by atoms with E-state index in [1.54, 1.807) is 32.2 Å². The maximum atomic E-state index is 14.9. The summed E-state index contributed by atoms with van der Waals surface area (Å²) in [4.78, 5) is 30.0. The minimum atomic E-state index is -0.722. The Kier molecular flexibility index (Phi) is 7.71. The van der Waals surface area contributed by atoms with Crippen molar-refractivity contribution in [3.8, 4) is 22.2 Å². The number of carbonyl (C=O) groups excluding carboxylic acids is 1. The van der Waals surface area contributed by atoms with Crippen molar-refractivity contribution in [3.63, 3.8) is 0 Å². The Labute approximate surface area is 232 Å². The molecule has 0 spiro atoms. The van der Waals surface area contributed by atoms with E-state index in [0.717, 1.165) is 15.8 Å². The summed E-state index contributed by atoms with van der Waals surface area (Å²) in [5.41, 5.74) is 5.24. The molecule has 40 heavy (non-hydrogen) atoms. The first-order valence-electron chi connectivity index (χ1n) is 12.3. The number of amides is 1. The molecule has 1 atom stereocenters. The van der Waals surface area contributed by atoms with Gasteiger partial charge in [0.25, 0.3) is 0 Å². The lowest BCUT2D eigenvalue weighted by Crippen LogP contribution is -2.25. The molecule has 0 saturated heterocycles. The van der Waals surface area contributed by atoms with Crippen LogP contribution in [0.25, 0.3) is 31.8 Å². The summed E-state index contributed by atoms with van der Waals surface area (Å²) < 4.78 is 31.8. The number of carbonyl (C=O) groups is 1. The van der Waals surface area contributed by atoms with Crippen molar-refractivity contribution < 1.29 is 28.5 Å². The SMILES string of the molecule is COc1cnc2c(-c3nc4cc(F)c(OC[C@@H](C)OC(=O)Nc5cnc(C)c(CO)c5)cc4s3)cc(C)cc2n1. The van der Waals surface area contributed by atoms with Crippen LogP contribution in [-0.2, 0) is 11.3 Å². The quantitative estimate of drug-likeness (QED) is 0.249. The lowest BCUT2D eigenvalue weighted by atomic mass is 10.1. The largest absolute Gasteiger partial charge is 0.487 e. The van der Waals surface area contributed by atoms with Crippen molar-refractivity contribution in [3.05, 3.63) is 65.4 Å². The van der Waals surface area contributed by atoms with Gasteiger partial charge in [0, 0.05) is 29.0 Å². The van der Waals surface area contributed by atoms with Crippen LogP contribution in [0.2, 0.25) is 0 Å². The smallest absolute Gasteiger partial charge is 0.412 e. The molecule has 0 aliphatic heterocycles. The van der Waals surface area contributed by atoms with Crippen LogP contribution in [0.15, 0.2) is 42.7 Å². The highest BCUT2D eigenvalue weighted by Crippen LogP contribution is 2.37. The zero-order valence-electron chi connectivity index (χ0n) is 22.2. The second-order valence-electron chi connectivity index (χ2n) is 9.14. The average Bonchev–Trinajstić information content (AvgIpc) is 3.34. The number of anilines is 1. The van der Waals surface area contributed by atoms with E-state index in [1.807, 2.05) is 19.1 Å². The fourth-order valence-corrected chi connectivity index (χ4v) is 5.04. The van der Waals surface area contributed by atoms with E-state index in [0.29, 0.717) is 44.4 Å². The number of hydrogen-bond donors (Lipinski definition) is 2. The van der Waals surface area contributed by atoms with Crippen LogP contribution in [0.5, 0.6) is 11.6 Å². The van der Waals surface area contributed by atoms with Gasteiger partial charge in [-0.1, -0.05) is 0 Å². The van der Waals surface area contributed by atoms with Gasteiger partial charge in [0.15, 0.2) is 11.6 Å². The van der Waals surface area contributed by atoms with Gasteiger partial charge >= 0.3 is 6.09 Å². The van der Waals surface area contributed by atoms with Crippen LogP contribution < -0.4 is 14.8 Å². The Morgan fingerprint density at radius 2 is 1.93 bits per heavy atom. The molecule has 0 bridgehead atoms. The molecule has 0 aliphatic carbocycles. The van der Waals surface area contributed by atoms with Gasteiger partial charge in [-0.25, -0.2) is 24.1 Å². The second kappa shape index (κ2) is 11.4. The number of ether oxygens (including phenoxy) is 3. The molecule has 0 aliphatic rings. The van der Waals surface area contributed by atoms with Crippen LogP contribution in [0.1, 0.15) is 23.7 Å². The van der Waals surface area contributed by atoms with Crippen LogP contribution in [0.4, 0.5) is 14.9 Å². The first kappa shape index (κ1) is 27.2. The summed E-state index contributed by atoms with van der Waals surface area (Å²) >= 11 is 1.38. The lowest BCUT2D eigenvalue weighted by molar-refractivity contribution is 0.0844. The predicted molar refractivity (Wildman–Crippen MR) is 149 cm³/mol. The number of nitrogens with one attached hydrogen (secondary N) is 1. The summed E-state index contributed by atoms with van der Waals surface area (Å²) in [5, 5.41) is 12.6. The van der Waals surface area contributed by atoms with E-state index in [1.165, 1.54) is 30.7 Å². The zero-order chi connectivity index (χ0) is 28.4. The van der Waals surface area contributed by atoms with Gasteiger partial charge in [-0.05, 0) is 44.5 Å². The van der Waals surface area contributed by atoms with Gasteiger partial charge in [0.2, 0.25) is 5.88 Å². The standard InChI is InChI=1S/C28H26FN5O5S/c1-14-5-19(26-22(6-14)33-25(37-4)11-31-26)27-34-21-8-20(29)23(9-24(21)40-27)38-13-15(2)39-28(36)32-18-7-17(12-35)16(3)30-10-18/h5-11,15,35H,12-13H2,1-4H3,(H,32,36)/t15-/m1/s1. The third kappa shape index (κ3) is 5.77. The van der Waals surface area contributed by atoms with E-state index >= 15 is 0 Å². The maximum absolute atomic E-state index is 14.9. The predicted octanol–water partition coefficient (Wildman–Crippen LogP) is 5.57. The number of hydrogen-bond acceptors (Lipinski definition) is 10. The highest BCUT2D eigenvalue weighted by atomic mass is 32.1. The highest BCUT2D eigenvalue weighted by Gasteiger charge is 2.17. The lowest BCUT2D eigenvalue weighted by Gasteiger charge is -2.15. The molecule has 0 saturated carbocycles. The van der Waals surface area contributed by atoms with E-state index in [2.05, 4.69) is 25.3 Å². The van der Waals surface area contributed by atoms with E-state index in [9.17, 15) is 14.3 Å². The Morgan fingerprint density at radius 1 is 1.10 bits per heavy atom. The third-order valence-electron chi connectivity index (χ3n) is 6.04. The maximum Gasteiger partial charge on any atom is 0.412 e. The molecule has 5 aromatic rings. The van der Waals surface area contributed by atoms with Gasteiger partial charge in [0.1, 0.15) is 17.7 Å². The second-order valence-corrected chi connectivity index (χ2v) is 10.2. The number of aliphatic hydroxyl groups excluding tert-OH is 1. The molecule has 12 heteroatoms. The molecule has 3 aromatic heterocycles. The number of aromatic nitrogens is 4. The van der Waals surface area contributed by atoms with E-state index in [-0.39, 0.29) is 19.0 Å². The molecule has 5 rings (SSSR count). The first-order valence-corrected chi connectivity index (χ1v) is 13.1. The highest BCUT2D eigenvalue weighted by molar-refractivity contribution is 7.21. The summed E-state index contributed by atoms with van der Waals surface area (Å²) in [5.74, 6) is -0.148. The Balaban J connectivity index is 1.29. The number of nitrogens with zero attached hydrogens (tertiary/aromatic N) is 4. The molecule has 3 heterocycles. The number of fused-ring (bicyclic) bond motifs is 2. The number of aryl methyl sites for hydroxylation is 2. The molecule has 1 amide bonds. The third-order valence-corrected chi connectivity index (χ3v) is 7.09. The van der Waals surface area contributed by atoms with Gasteiger partial charge in [-0.15, -0.1) is 11.3 Å².